The van der Waals surface area contributed by atoms with Gasteiger partial charge in [0.25, 0.3) is 0 Å². The first-order valence-electron chi connectivity index (χ1n) is 9.96. The molecular weight excluding hydrogens is 484 g/mol. The van der Waals surface area contributed by atoms with E-state index in [4.69, 9.17) is 0 Å². The van der Waals surface area contributed by atoms with Gasteiger partial charge in [-0.05, 0) is 36.4 Å². The molecule has 0 saturated carbocycles. The summed E-state index contributed by atoms with van der Waals surface area (Å²) in [6.07, 6.45) is 1.78. The topological polar surface area (TPSA) is 95.2 Å². The fourth-order valence-corrected chi connectivity index (χ4v) is 5.20. The quantitative estimate of drug-likeness (QED) is 0.549. The molecule has 3 aromatic rings. The highest BCUT2D eigenvalue weighted by Crippen LogP contribution is 2.21. The minimum absolute atomic E-state index is 0.0324. The van der Waals surface area contributed by atoms with Crippen molar-refractivity contribution in [2.75, 3.05) is 36.8 Å². The van der Waals surface area contributed by atoms with Crippen molar-refractivity contribution in [1.29, 1.82) is 0 Å². The van der Waals surface area contributed by atoms with Crippen molar-refractivity contribution < 1.29 is 18.3 Å². The van der Waals surface area contributed by atoms with Crippen molar-refractivity contribution in [3.05, 3.63) is 58.8 Å². The number of carbonyl (C=O) groups excluding carboxylic acids is 1. The van der Waals surface area contributed by atoms with Crippen LogP contribution < -0.4 is 4.90 Å². The van der Waals surface area contributed by atoms with E-state index < -0.39 is 9.84 Å². The van der Waals surface area contributed by atoms with Crippen LogP contribution in [-0.2, 0) is 21.2 Å². The van der Waals surface area contributed by atoms with Crippen LogP contribution in [-0.4, -0.2) is 65.6 Å². The number of amides is 1. The van der Waals surface area contributed by atoms with E-state index in [0.717, 1.165) is 15.9 Å². The number of aliphatic hydroxyl groups is 1. The van der Waals surface area contributed by atoms with E-state index in [9.17, 15) is 18.3 Å². The molecule has 4 rings (SSSR count). The Hall–Kier alpha value is -2.43. The fraction of sp³-hybridized carbons (Fsp3) is 0.333. The maximum atomic E-state index is 12.6. The summed E-state index contributed by atoms with van der Waals surface area (Å²) in [5.41, 5.74) is 1.37. The largest absolute Gasteiger partial charge is 0.390 e. The predicted octanol–water partition coefficient (Wildman–Crippen LogP) is 2.10. The average molecular weight is 507 g/mol. The van der Waals surface area contributed by atoms with Crippen LogP contribution in [0.5, 0.6) is 0 Å². The lowest BCUT2D eigenvalue weighted by Gasteiger charge is -2.36. The Labute approximate surface area is 189 Å². The summed E-state index contributed by atoms with van der Waals surface area (Å²) in [6, 6.07) is 12.2. The van der Waals surface area contributed by atoms with Crippen LogP contribution in [0.15, 0.2) is 58.0 Å². The van der Waals surface area contributed by atoms with Crippen molar-refractivity contribution in [3.63, 3.8) is 0 Å². The van der Waals surface area contributed by atoms with E-state index in [-0.39, 0.29) is 29.6 Å². The van der Waals surface area contributed by atoms with Gasteiger partial charge in [-0.2, -0.15) is 0 Å². The number of fused-ring (bicyclic) bond motifs is 1. The van der Waals surface area contributed by atoms with E-state index >= 15 is 0 Å². The SMILES string of the molecule is O=C(CCS(=O)(=O)c1ccc(Br)cc1)N1CCN(c2cccc3nc(CO)cn23)CC1. The highest BCUT2D eigenvalue weighted by molar-refractivity contribution is 9.10. The molecule has 1 aliphatic rings. The average Bonchev–Trinajstić information content (AvgIpc) is 3.21. The third kappa shape index (κ3) is 4.76. The molecule has 1 aliphatic heterocycles. The van der Waals surface area contributed by atoms with Crippen molar-refractivity contribution in [3.8, 4) is 0 Å². The predicted molar refractivity (Wildman–Crippen MR) is 121 cm³/mol. The summed E-state index contributed by atoms with van der Waals surface area (Å²) in [5, 5.41) is 9.35. The number of hydrogen-bond donors (Lipinski definition) is 1. The molecule has 0 spiro atoms. The lowest BCUT2D eigenvalue weighted by Crippen LogP contribution is -2.49. The van der Waals surface area contributed by atoms with Gasteiger partial charge < -0.3 is 14.9 Å². The molecule has 0 radical (unpaired) electrons. The Morgan fingerprint density at radius 3 is 2.45 bits per heavy atom. The number of imidazole rings is 1. The molecule has 2 aromatic heterocycles. The normalized spacial score (nSPS) is 14.9. The number of piperazine rings is 1. The highest BCUT2D eigenvalue weighted by Gasteiger charge is 2.24. The molecule has 1 amide bonds. The third-order valence-corrected chi connectivity index (χ3v) is 7.66. The number of sulfone groups is 1. The zero-order valence-corrected chi connectivity index (χ0v) is 19.2. The zero-order chi connectivity index (χ0) is 22.0. The number of carbonyl (C=O) groups is 1. The Bertz CT molecular complexity index is 1190. The lowest BCUT2D eigenvalue weighted by atomic mass is 10.2. The summed E-state index contributed by atoms with van der Waals surface area (Å²) >= 11 is 3.29. The number of hydrogen-bond acceptors (Lipinski definition) is 6. The van der Waals surface area contributed by atoms with E-state index in [1.807, 2.05) is 28.8 Å². The molecule has 0 bridgehead atoms. The van der Waals surface area contributed by atoms with Gasteiger partial charge in [0, 0.05) is 43.3 Å². The number of aliphatic hydroxyl groups excluding tert-OH is 1. The highest BCUT2D eigenvalue weighted by atomic mass is 79.9. The Kier molecular flexibility index (Phi) is 6.31. The minimum atomic E-state index is -3.50. The van der Waals surface area contributed by atoms with E-state index in [1.165, 1.54) is 0 Å². The van der Waals surface area contributed by atoms with Crippen molar-refractivity contribution >= 4 is 43.1 Å². The van der Waals surface area contributed by atoms with Crippen LogP contribution in [0.3, 0.4) is 0 Å². The van der Waals surface area contributed by atoms with Gasteiger partial charge in [0.15, 0.2) is 9.84 Å². The number of aromatic nitrogens is 2. The molecule has 1 aromatic carbocycles. The second kappa shape index (κ2) is 8.97. The second-order valence-electron chi connectivity index (χ2n) is 7.39. The van der Waals surface area contributed by atoms with Crippen LogP contribution >= 0.6 is 15.9 Å². The lowest BCUT2D eigenvalue weighted by molar-refractivity contribution is -0.131. The summed E-state index contributed by atoms with van der Waals surface area (Å²) in [4.78, 5) is 21.1. The first kappa shape index (κ1) is 21.8. The van der Waals surface area contributed by atoms with Gasteiger partial charge in [-0.1, -0.05) is 22.0 Å². The molecule has 0 aliphatic carbocycles. The molecule has 1 fully saturated rings. The third-order valence-electron chi connectivity index (χ3n) is 5.40. The van der Waals surface area contributed by atoms with Gasteiger partial charge >= 0.3 is 0 Å². The summed E-state index contributed by atoms with van der Waals surface area (Å²) in [7, 11) is -3.50. The van der Waals surface area contributed by atoms with E-state index in [1.54, 1.807) is 29.2 Å². The van der Waals surface area contributed by atoms with Crippen LogP contribution in [0.1, 0.15) is 12.1 Å². The standard InChI is InChI=1S/C21H23BrN4O4S/c22-16-4-6-18(7-5-16)31(29,30)13-8-21(28)25-11-9-24(10-12-25)20-3-1-2-19-23-17(15-27)14-26(19)20/h1-7,14,27H,8-13,15H2. The second-order valence-corrected chi connectivity index (χ2v) is 10.4. The molecule has 1 saturated heterocycles. The Balaban J connectivity index is 1.36. The van der Waals surface area contributed by atoms with E-state index in [2.05, 4.69) is 25.8 Å². The Morgan fingerprint density at radius 2 is 1.77 bits per heavy atom. The minimum Gasteiger partial charge on any atom is -0.390 e. The monoisotopic (exact) mass is 506 g/mol. The van der Waals surface area contributed by atoms with Crippen molar-refractivity contribution in [2.24, 2.45) is 0 Å². The Morgan fingerprint density at radius 1 is 1.06 bits per heavy atom. The number of benzene rings is 1. The zero-order valence-electron chi connectivity index (χ0n) is 16.8. The van der Waals surface area contributed by atoms with Gasteiger partial charge in [-0.3, -0.25) is 9.20 Å². The molecule has 0 unspecified atom stereocenters. The molecule has 31 heavy (non-hydrogen) atoms. The summed E-state index contributed by atoms with van der Waals surface area (Å²) in [6.45, 7) is 2.20. The van der Waals surface area contributed by atoms with Crippen LogP contribution in [0.2, 0.25) is 0 Å². The first-order chi connectivity index (χ1) is 14.9. The maximum absolute atomic E-state index is 12.6. The number of pyridine rings is 1. The molecule has 8 nitrogen and oxygen atoms in total. The van der Waals surface area contributed by atoms with Gasteiger partial charge in [-0.25, -0.2) is 13.4 Å². The van der Waals surface area contributed by atoms with Gasteiger partial charge in [0.1, 0.15) is 11.5 Å². The number of nitrogens with zero attached hydrogens (tertiary/aromatic N) is 4. The van der Waals surface area contributed by atoms with Crippen LogP contribution in [0.25, 0.3) is 5.65 Å². The molecule has 3 heterocycles. The number of anilines is 1. The molecule has 164 valence electrons. The van der Waals surface area contributed by atoms with Crippen LogP contribution in [0.4, 0.5) is 5.82 Å². The molecule has 0 atom stereocenters. The van der Waals surface area contributed by atoms with Crippen molar-refractivity contribution in [2.45, 2.75) is 17.9 Å². The van der Waals surface area contributed by atoms with Crippen molar-refractivity contribution in [1.82, 2.24) is 14.3 Å². The summed E-state index contributed by atoms with van der Waals surface area (Å²) in [5.74, 6) is 0.602. The summed E-state index contributed by atoms with van der Waals surface area (Å²) < 4.78 is 27.7. The van der Waals surface area contributed by atoms with Gasteiger partial charge in [-0.15, -0.1) is 0 Å². The smallest absolute Gasteiger partial charge is 0.223 e. The van der Waals surface area contributed by atoms with Gasteiger partial charge in [0.05, 0.1) is 22.9 Å². The maximum Gasteiger partial charge on any atom is 0.223 e. The van der Waals surface area contributed by atoms with Gasteiger partial charge in [0.2, 0.25) is 5.91 Å². The number of halogens is 1. The first-order valence-corrected chi connectivity index (χ1v) is 12.4. The van der Waals surface area contributed by atoms with E-state index in [0.29, 0.717) is 31.9 Å². The molecule has 1 N–H and O–H groups in total. The molecular formula is C21H23BrN4O4S. The van der Waals surface area contributed by atoms with Crippen LogP contribution in [0, 0.1) is 0 Å². The molecule has 10 heteroatoms. The number of rotatable bonds is 6. The fourth-order valence-electron chi connectivity index (χ4n) is 3.71.